The van der Waals surface area contributed by atoms with E-state index in [0.29, 0.717) is 18.2 Å². The van der Waals surface area contributed by atoms with Gasteiger partial charge in [0, 0.05) is 40.6 Å². The molecule has 23 heavy (non-hydrogen) atoms. The summed E-state index contributed by atoms with van der Waals surface area (Å²) in [5.74, 6) is 1.27. The molecule has 1 aliphatic carbocycles. The molecule has 6 heteroatoms. The molecule has 2 aliphatic rings. The number of nitrogens with zero attached hydrogens (tertiary/aromatic N) is 2. The number of carbonyl (C=O) groups is 1. The molecule has 3 N–H and O–H groups in total. The van der Waals surface area contributed by atoms with Gasteiger partial charge in [-0.2, -0.15) is 10.2 Å². The lowest BCUT2D eigenvalue weighted by Crippen LogP contribution is -2.25. The minimum absolute atomic E-state index is 0.0108. The molecule has 0 radical (unpaired) electrons. The average Bonchev–Trinajstić information content (AvgIpc) is 3.02. The van der Waals surface area contributed by atoms with Crippen molar-refractivity contribution in [3.63, 3.8) is 0 Å². The second kappa shape index (κ2) is 4.94. The van der Waals surface area contributed by atoms with Gasteiger partial charge in [-0.05, 0) is 18.9 Å². The van der Waals surface area contributed by atoms with E-state index in [1.165, 1.54) is 25.0 Å². The molecule has 0 aromatic carbocycles. The molecule has 1 fully saturated rings. The smallest absolute Gasteiger partial charge is 0.226 e. The molecule has 4 rings (SSSR count). The molecular formula is C17H23N5O. The highest BCUT2D eigenvalue weighted by Gasteiger charge is 2.36. The summed E-state index contributed by atoms with van der Waals surface area (Å²) in [6, 6.07) is 2.10. The molecule has 0 unspecified atom stereocenters. The monoisotopic (exact) mass is 313 g/mol. The maximum Gasteiger partial charge on any atom is 0.226 e. The van der Waals surface area contributed by atoms with Crippen molar-refractivity contribution in [3.05, 3.63) is 28.7 Å². The third kappa shape index (κ3) is 2.36. The fourth-order valence-electron chi connectivity index (χ4n) is 3.46. The Morgan fingerprint density at radius 1 is 1.17 bits per heavy atom. The van der Waals surface area contributed by atoms with Gasteiger partial charge in [0.1, 0.15) is 0 Å². The van der Waals surface area contributed by atoms with E-state index >= 15 is 0 Å². The first-order valence-electron chi connectivity index (χ1n) is 8.37. The number of hydrogen-bond acceptors (Lipinski definition) is 3. The third-order valence-corrected chi connectivity index (χ3v) is 5.08. The molecule has 0 spiro atoms. The van der Waals surface area contributed by atoms with Gasteiger partial charge >= 0.3 is 0 Å². The van der Waals surface area contributed by atoms with Crippen LogP contribution in [0.5, 0.6) is 0 Å². The van der Waals surface area contributed by atoms with Gasteiger partial charge in [-0.3, -0.25) is 15.0 Å². The lowest BCUT2D eigenvalue weighted by molar-refractivity contribution is -0.116. The summed E-state index contributed by atoms with van der Waals surface area (Å²) in [5, 5.41) is 18.1. The van der Waals surface area contributed by atoms with Gasteiger partial charge in [-0.1, -0.05) is 27.2 Å². The van der Waals surface area contributed by atoms with Gasteiger partial charge in [-0.15, -0.1) is 0 Å². The first-order chi connectivity index (χ1) is 10.9. The van der Waals surface area contributed by atoms with E-state index in [1.54, 1.807) is 0 Å². The van der Waals surface area contributed by atoms with Crippen LogP contribution >= 0.6 is 0 Å². The van der Waals surface area contributed by atoms with Crippen LogP contribution in [0.3, 0.4) is 0 Å². The van der Waals surface area contributed by atoms with Crippen molar-refractivity contribution in [3.8, 4) is 0 Å². The second-order valence-corrected chi connectivity index (χ2v) is 7.79. The number of aromatic nitrogens is 4. The lowest BCUT2D eigenvalue weighted by Gasteiger charge is -2.28. The lowest BCUT2D eigenvalue weighted by atomic mass is 9.77. The maximum absolute atomic E-state index is 12.1. The molecule has 0 bridgehead atoms. The van der Waals surface area contributed by atoms with Crippen LogP contribution < -0.4 is 5.32 Å². The van der Waals surface area contributed by atoms with Crippen molar-refractivity contribution >= 4 is 11.7 Å². The van der Waals surface area contributed by atoms with Gasteiger partial charge in [0.15, 0.2) is 5.82 Å². The Labute approximate surface area is 135 Å². The van der Waals surface area contributed by atoms with E-state index in [1.807, 2.05) is 0 Å². The molecule has 2 aromatic rings. The summed E-state index contributed by atoms with van der Waals surface area (Å²) in [6.45, 7) is 6.43. The number of anilines is 1. The summed E-state index contributed by atoms with van der Waals surface area (Å²) in [6.07, 6.45) is 4.11. The van der Waals surface area contributed by atoms with Crippen molar-refractivity contribution in [1.29, 1.82) is 0 Å². The molecule has 1 amide bonds. The fraction of sp³-hybridized carbons (Fsp3) is 0.588. The molecule has 122 valence electrons. The van der Waals surface area contributed by atoms with Crippen molar-refractivity contribution in [2.75, 3.05) is 5.32 Å². The zero-order chi connectivity index (χ0) is 16.2. The van der Waals surface area contributed by atoms with Crippen molar-refractivity contribution < 1.29 is 4.79 Å². The summed E-state index contributed by atoms with van der Waals surface area (Å²) in [7, 11) is 0. The normalized spacial score (nSPS) is 21.7. The van der Waals surface area contributed by atoms with Crippen LogP contribution in [0.2, 0.25) is 0 Å². The predicted molar refractivity (Wildman–Crippen MR) is 87.6 cm³/mol. The number of rotatable bonds is 2. The van der Waals surface area contributed by atoms with Crippen LogP contribution in [-0.4, -0.2) is 26.3 Å². The summed E-state index contributed by atoms with van der Waals surface area (Å²) < 4.78 is 0. The van der Waals surface area contributed by atoms with Crippen LogP contribution in [0.25, 0.3) is 0 Å². The van der Waals surface area contributed by atoms with Crippen molar-refractivity contribution in [2.24, 2.45) is 0 Å². The fourth-order valence-corrected chi connectivity index (χ4v) is 3.46. The van der Waals surface area contributed by atoms with Crippen molar-refractivity contribution in [2.45, 2.75) is 63.7 Å². The van der Waals surface area contributed by atoms with E-state index in [4.69, 9.17) is 0 Å². The van der Waals surface area contributed by atoms with Gasteiger partial charge < -0.3 is 5.32 Å². The zero-order valence-corrected chi connectivity index (χ0v) is 13.9. The Hall–Kier alpha value is -2.11. The van der Waals surface area contributed by atoms with E-state index in [9.17, 15) is 4.79 Å². The van der Waals surface area contributed by atoms with Crippen LogP contribution in [-0.2, 0) is 10.2 Å². The van der Waals surface area contributed by atoms with Gasteiger partial charge in [0.2, 0.25) is 5.91 Å². The Kier molecular flexibility index (Phi) is 3.11. The van der Waals surface area contributed by atoms with Crippen LogP contribution in [0.1, 0.15) is 80.9 Å². The number of amides is 1. The third-order valence-electron chi connectivity index (χ3n) is 5.08. The Balaban J connectivity index is 1.76. The quantitative estimate of drug-likeness (QED) is 0.796. The molecule has 3 heterocycles. The highest BCUT2D eigenvalue weighted by atomic mass is 16.1. The number of aromatic amines is 2. The topological polar surface area (TPSA) is 86.5 Å². The number of H-pyrrole nitrogens is 2. The molecule has 1 atom stereocenters. The molecule has 2 aromatic heterocycles. The molecule has 6 nitrogen and oxygen atoms in total. The summed E-state index contributed by atoms with van der Waals surface area (Å²) in [4.78, 5) is 12.1. The van der Waals surface area contributed by atoms with Gasteiger partial charge in [0.25, 0.3) is 0 Å². The van der Waals surface area contributed by atoms with Crippen LogP contribution in [0, 0.1) is 0 Å². The van der Waals surface area contributed by atoms with Crippen molar-refractivity contribution in [1.82, 2.24) is 20.4 Å². The maximum atomic E-state index is 12.1. The predicted octanol–water partition coefficient (Wildman–Crippen LogP) is 3.17. The first kappa shape index (κ1) is 14.5. The molecular weight excluding hydrogens is 290 g/mol. The van der Waals surface area contributed by atoms with Crippen LogP contribution in [0.15, 0.2) is 6.07 Å². The Bertz CT molecular complexity index is 747. The number of nitrogens with one attached hydrogen (secondary N) is 3. The first-order valence-corrected chi connectivity index (χ1v) is 8.37. The summed E-state index contributed by atoms with van der Waals surface area (Å²) in [5.41, 5.74) is 4.37. The molecule has 1 saturated carbocycles. The average molecular weight is 313 g/mol. The number of hydrogen-bond donors (Lipinski definition) is 3. The Morgan fingerprint density at radius 2 is 1.96 bits per heavy atom. The highest BCUT2D eigenvalue weighted by molar-refractivity contribution is 5.94. The van der Waals surface area contributed by atoms with Crippen LogP contribution in [0.4, 0.5) is 5.82 Å². The van der Waals surface area contributed by atoms with Gasteiger partial charge in [-0.25, -0.2) is 0 Å². The summed E-state index contributed by atoms with van der Waals surface area (Å²) >= 11 is 0. The van der Waals surface area contributed by atoms with E-state index < -0.39 is 0 Å². The standard InChI is InChI=1S/C17H23N5O/c1-17(2,3)12-8-11(19-20-12)10-7-13(23)18-16-14(10)15(21-22-16)9-5-4-6-9/h8-10H,4-7H2,1-3H3,(H,19,20)(H2,18,21,22,23)/t10-/m0/s1. The van der Waals surface area contributed by atoms with Gasteiger partial charge in [0.05, 0.1) is 5.69 Å². The SMILES string of the molecule is CC(C)(C)c1cc([C@@H]2CC(=O)Nc3n[nH]c(C4CCC4)c32)[nH]n1. The second-order valence-electron chi connectivity index (χ2n) is 7.79. The van der Waals surface area contributed by atoms with E-state index in [0.717, 1.165) is 17.0 Å². The Morgan fingerprint density at radius 3 is 2.57 bits per heavy atom. The van der Waals surface area contributed by atoms with E-state index in [-0.39, 0.29) is 17.2 Å². The minimum atomic E-state index is -0.0122. The highest BCUT2D eigenvalue weighted by Crippen LogP contribution is 2.45. The molecule has 1 aliphatic heterocycles. The number of fused-ring (bicyclic) bond motifs is 1. The van der Waals surface area contributed by atoms with E-state index in [2.05, 4.69) is 52.5 Å². The number of carbonyl (C=O) groups excluding carboxylic acids is 1. The largest absolute Gasteiger partial charge is 0.309 e. The zero-order valence-electron chi connectivity index (χ0n) is 13.9. The minimum Gasteiger partial charge on any atom is -0.309 e. The molecule has 0 saturated heterocycles.